The molecule has 0 unspecified atom stereocenters. The molecule has 3 rings (SSSR count). The molecule has 0 aliphatic heterocycles. The monoisotopic (exact) mass is 380 g/mol. The quantitative estimate of drug-likeness (QED) is 0.365. The number of hydrogen-bond donors (Lipinski definition) is 2. The number of hydrogen-bond acceptors (Lipinski definition) is 4. The van der Waals surface area contributed by atoms with Gasteiger partial charge in [-0.15, -0.1) is 0 Å². The van der Waals surface area contributed by atoms with Crippen molar-refractivity contribution < 1.29 is 4.74 Å². The van der Waals surface area contributed by atoms with Crippen LogP contribution in [0.25, 0.3) is 0 Å². The first kappa shape index (κ1) is 18.7. The highest BCUT2D eigenvalue weighted by atomic mass is 35.5. The van der Waals surface area contributed by atoms with Gasteiger partial charge in [-0.2, -0.15) is 0 Å². The van der Waals surface area contributed by atoms with Crippen LogP contribution in [0.4, 0.5) is 17.1 Å². The number of anilines is 2. The average Bonchev–Trinajstić information content (AvgIpc) is 2.66. The highest BCUT2D eigenvalue weighted by Gasteiger charge is 2.12. The summed E-state index contributed by atoms with van der Waals surface area (Å²) in [6.07, 6.45) is 1.62. The van der Waals surface area contributed by atoms with E-state index >= 15 is 0 Å². The molecule has 0 spiro atoms. The van der Waals surface area contributed by atoms with E-state index in [-0.39, 0.29) is 0 Å². The first-order valence-corrected chi connectivity index (χ1v) is 8.83. The molecule has 0 aliphatic rings. The number of benzene rings is 2. The van der Waals surface area contributed by atoms with E-state index in [0.29, 0.717) is 16.6 Å². The van der Waals surface area contributed by atoms with Gasteiger partial charge in [0.2, 0.25) is 0 Å². The molecule has 0 saturated heterocycles. The van der Waals surface area contributed by atoms with Crippen molar-refractivity contribution in [2.45, 2.75) is 13.8 Å². The number of methoxy groups -OCH3 is 1. The maximum atomic E-state index is 6.35. The smallest absolute Gasteiger partial charge is 0.135 e. The zero-order chi connectivity index (χ0) is 19.4. The van der Waals surface area contributed by atoms with E-state index in [2.05, 4.69) is 15.3 Å². The minimum Gasteiger partial charge on any atom is -0.496 e. The first-order valence-electron chi connectivity index (χ1n) is 8.46. The minimum absolute atomic E-state index is 0.344. The normalized spacial score (nSPS) is 11.3. The van der Waals surface area contributed by atoms with Gasteiger partial charge in [0, 0.05) is 17.4 Å². The average molecular weight is 381 g/mol. The summed E-state index contributed by atoms with van der Waals surface area (Å²) in [5, 5.41) is 3.70. The molecule has 1 heterocycles. The Labute approximate surface area is 163 Å². The van der Waals surface area contributed by atoms with E-state index < -0.39 is 0 Å². The molecule has 1 aromatic heterocycles. The minimum atomic E-state index is 0.344. The molecule has 27 heavy (non-hydrogen) atoms. The summed E-state index contributed by atoms with van der Waals surface area (Å²) in [6, 6.07) is 15.4. The summed E-state index contributed by atoms with van der Waals surface area (Å²) in [7, 11) is 1.64. The summed E-state index contributed by atoms with van der Waals surface area (Å²) in [6.45, 7) is 3.95. The number of aryl methyl sites for hydroxylation is 1. The fraction of sp³-hybridized carbons (Fsp3) is 0.143. The SMILES string of the molecule is COc1ccc(C)c(N=C(N)c2cnc(Cl)cc2Nc2ccccc2)c1C. The van der Waals surface area contributed by atoms with Crippen LogP contribution in [0.15, 0.2) is 59.7 Å². The second kappa shape index (κ2) is 8.10. The van der Waals surface area contributed by atoms with Crippen LogP contribution in [0.1, 0.15) is 16.7 Å². The Kier molecular flexibility index (Phi) is 5.62. The highest BCUT2D eigenvalue weighted by molar-refractivity contribution is 6.29. The van der Waals surface area contributed by atoms with Crippen molar-refractivity contribution >= 4 is 34.5 Å². The summed E-state index contributed by atoms with van der Waals surface area (Å²) in [5.74, 6) is 1.11. The van der Waals surface area contributed by atoms with Crippen LogP contribution in [0.2, 0.25) is 5.15 Å². The van der Waals surface area contributed by atoms with Crippen LogP contribution in [-0.2, 0) is 0 Å². The Balaban J connectivity index is 2.05. The van der Waals surface area contributed by atoms with Gasteiger partial charge in [-0.3, -0.25) is 0 Å². The maximum Gasteiger partial charge on any atom is 0.135 e. The van der Waals surface area contributed by atoms with E-state index in [9.17, 15) is 0 Å². The predicted molar refractivity (Wildman–Crippen MR) is 112 cm³/mol. The largest absolute Gasteiger partial charge is 0.496 e. The third-order valence-electron chi connectivity index (χ3n) is 4.23. The molecule has 0 aliphatic carbocycles. The lowest BCUT2D eigenvalue weighted by Crippen LogP contribution is -2.15. The molecule has 0 saturated carbocycles. The van der Waals surface area contributed by atoms with Crippen LogP contribution in [-0.4, -0.2) is 17.9 Å². The molecule has 0 radical (unpaired) electrons. The van der Waals surface area contributed by atoms with E-state index in [1.54, 1.807) is 19.4 Å². The number of halogens is 1. The zero-order valence-corrected chi connectivity index (χ0v) is 16.2. The standard InChI is InChI=1S/C21H21ClN4O/c1-13-9-10-18(27-3)14(2)20(13)26-21(23)16-12-24-19(22)11-17(16)25-15-7-5-4-6-8-15/h4-12H,1-3H3,(H2,23,26)(H,24,25). The number of amidine groups is 1. The first-order chi connectivity index (χ1) is 13.0. The van der Waals surface area contributed by atoms with Crippen LogP contribution in [0, 0.1) is 13.8 Å². The second-order valence-electron chi connectivity index (χ2n) is 6.10. The van der Waals surface area contributed by atoms with Gasteiger partial charge in [0.15, 0.2) is 0 Å². The maximum absolute atomic E-state index is 6.35. The number of nitrogens with zero attached hydrogens (tertiary/aromatic N) is 2. The number of rotatable bonds is 5. The number of aromatic nitrogens is 1. The molecule has 2 aromatic carbocycles. The van der Waals surface area contributed by atoms with E-state index in [1.165, 1.54) is 0 Å². The van der Waals surface area contributed by atoms with Crippen LogP contribution < -0.4 is 15.8 Å². The number of aliphatic imine (C=N–C) groups is 1. The molecule has 138 valence electrons. The van der Waals surface area contributed by atoms with E-state index in [4.69, 9.17) is 22.1 Å². The number of nitrogens with two attached hydrogens (primary N) is 1. The molecular formula is C21H21ClN4O. The fourth-order valence-corrected chi connectivity index (χ4v) is 2.96. The van der Waals surface area contributed by atoms with Gasteiger partial charge in [0.25, 0.3) is 0 Å². The Morgan fingerprint density at radius 2 is 1.89 bits per heavy atom. The molecular weight excluding hydrogens is 360 g/mol. The third-order valence-corrected chi connectivity index (χ3v) is 4.44. The topological polar surface area (TPSA) is 72.5 Å². The van der Waals surface area contributed by atoms with Crippen molar-refractivity contribution in [3.63, 3.8) is 0 Å². The van der Waals surface area contributed by atoms with Gasteiger partial charge < -0.3 is 15.8 Å². The summed E-state index contributed by atoms with van der Waals surface area (Å²) in [5.41, 5.74) is 11.4. The Bertz CT molecular complexity index is 987. The van der Waals surface area contributed by atoms with Gasteiger partial charge in [-0.25, -0.2) is 9.98 Å². The van der Waals surface area contributed by atoms with Crippen molar-refractivity contribution in [2.24, 2.45) is 10.7 Å². The van der Waals surface area contributed by atoms with Crippen molar-refractivity contribution in [2.75, 3.05) is 12.4 Å². The second-order valence-corrected chi connectivity index (χ2v) is 6.49. The van der Waals surface area contributed by atoms with Crippen molar-refractivity contribution in [1.29, 1.82) is 0 Å². The van der Waals surface area contributed by atoms with Gasteiger partial charge in [-0.05, 0) is 43.7 Å². The molecule has 0 bridgehead atoms. The lowest BCUT2D eigenvalue weighted by molar-refractivity contribution is 0.412. The number of ether oxygens (including phenoxy) is 1. The lowest BCUT2D eigenvalue weighted by Gasteiger charge is -2.14. The molecule has 0 amide bonds. The van der Waals surface area contributed by atoms with Crippen molar-refractivity contribution in [3.05, 3.63) is 76.6 Å². The van der Waals surface area contributed by atoms with Crippen molar-refractivity contribution in [3.8, 4) is 5.75 Å². The molecule has 0 fully saturated rings. The van der Waals surface area contributed by atoms with Crippen LogP contribution in [0.3, 0.4) is 0 Å². The highest BCUT2D eigenvalue weighted by Crippen LogP contribution is 2.32. The molecule has 3 N–H and O–H groups in total. The fourth-order valence-electron chi connectivity index (χ4n) is 2.81. The van der Waals surface area contributed by atoms with Crippen molar-refractivity contribution in [1.82, 2.24) is 4.98 Å². The summed E-state index contributed by atoms with van der Waals surface area (Å²) >= 11 is 6.09. The molecule has 5 nitrogen and oxygen atoms in total. The molecule has 0 atom stereocenters. The predicted octanol–water partition coefficient (Wildman–Crippen LogP) is 5.14. The summed E-state index contributed by atoms with van der Waals surface area (Å²) < 4.78 is 5.39. The molecule has 6 heteroatoms. The van der Waals surface area contributed by atoms with Crippen LogP contribution in [0.5, 0.6) is 5.75 Å². The number of para-hydroxylation sites is 1. The third kappa shape index (κ3) is 4.20. The number of pyridine rings is 1. The van der Waals surface area contributed by atoms with Gasteiger partial charge in [0.1, 0.15) is 16.7 Å². The van der Waals surface area contributed by atoms with Gasteiger partial charge >= 0.3 is 0 Å². The lowest BCUT2D eigenvalue weighted by atomic mass is 10.1. The van der Waals surface area contributed by atoms with E-state index in [0.717, 1.165) is 33.9 Å². The van der Waals surface area contributed by atoms with Gasteiger partial charge in [-0.1, -0.05) is 35.9 Å². The number of nitrogens with one attached hydrogen (secondary N) is 1. The Morgan fingerprint density at radius 3 is 2.59 bits per heavy atom. The van der Waals surface area contributed by atoms with Gasteiger partial charge in [0.05, 0.1) is 24.0 Å². The zero-order valence-electron chi connectivity index (χ0n) is 15.5. The summed E-state index contributed by atoms with van der Waals surface area (Å²) in [4.78, 5) is 8.82. The molecule has 3 aromatic rings. The Morgan fingerprint density at radius 1 is 1.15 bits per heavy atom. The van der Waals surface area contributed by atoms with E-state index in [1.807, 2.05) is 56.3 Å². The van der Waals surface area contributed by atoms with Crippen LogP contribution >= 0.6 is 11.6 Å². The Hall–Kier alpha value is -3.05.